The summed E-state index contributed by atoms with van der Waals surface area (Å²) in [5, 5.41) is 44.9. The number of pyridine rings is 1. The third kappa shape index (κ3) is 8.39. The van der Waals surface area contributed by atoms with Gasteiger partial charge in [-0.3, -0.25) is 4.98 Å². The second kappa shape index (κ2) is 15.6. The fourth-order valence-corrected chi connectivity index (χ4v) is 6.60. The molecule has 3 aliphatic rings. The number of halogens is 1. The second-order valence-electron chi connectivity index (χ2n) is 13.4. The van der Waals surface area contributed by atoms with Gasteiger partial charge in [-0.05, 0) is 92.3 Å². The minimum absolute atomic E-state index is 0.248. The van der Waals surface area contributed by atoms with Gasteiger partial charge in [0.2, 0.25) is 0 Å². The van der Waals surface area contributed by atoms with Gasteiger partial charge in [0, 0.05) is 41.6 Å². The molecule has 5 atom stereocenters. The van der Waals surface area contributed by atoms with Crippen molar-refractivity contribution in [3.8, 4) is 16.9 Å². The Bertz CT molecular complexity index is 1680. The Morgan fingerprint density at radius 1 is 1.00 bits per heavy atom. The summed E-state index contributed by atoms with van der Waals surface area (Å²) < 4.78 is 18.0. The lowest BCUT2D eigenvalue weighted by Crippen LogP contribution is -2.62. The molecule has 3 fully saturated rings. The van der Waals surface area contributed by atoms with Gasteiger partial charge in [0.25, 0.3) is 0 Å². The fourth-order valence-electron chi connectivity index (χ4n) is 6.35. The molecular weight excluding hydrogens is 666 g/mol. The predicted molar refractivity (Wildman–Crippen MR) is 184 cm³/mol. The maximum Gasteiger partial charge on any atom is 0.335 e. The summed E-state index contributed by atoms with van der Waals surface area (Å²) in [6, 6.07) is 13.7. The second-order valence-corrected chi connectivity index (χ2v) is 13.8. The van der Waals surface area contributed by atoms with Gasteiger partial charge in [0.05, 0.1) is 18.3 Å². The quantitative estimate of drug-likeness (QED) is 0.126. The van der Waals surface area contributed by atoms with Crippen molar-refractivity contribution in [1.29, 1.82) is 0 Å². The summed E-state index contributed by atoms with van der Waals surface area (Å²) in [5.41, 5.74) is 5.89. The minimum Gasteiger partial charge on any atom is -0.490 e. The van der Waals surface area contributed by atoms with Gasteiger partial charge < -0.3 is 45.3 Å². The van der Waals surface area contributed by atoms with E-state index in [0.29, 0.717) is 30.7 Å². The van der Waals surface area contributed by atoms with E-state index in [-0.39, 0.29) is 6.54 Å². The number of aliphatic hydroxyl groups is 3. The molecule has 13 heteroatoms. The number of aromatic nitrogens is 1. The van der Waals surface area contributed by atoms with Crippen molar-refractivity contribution >= 4 is 23.6 Å². The number of amides is 2. The van der Waals surface area contributed by atoms with Crippen LogP contribution >= 0.6 is 11.6 Å². The minimum atomic E-state index is -1.78. The molecule has 2 amide bonds. The number of para-hydroxylation sites is 1. The molecule has 2 aromatic carbocycles. The first-order chi connectivity index (χ1) is 24.1. The molecule has 2 saturated carbocycles. The number of carboxylic acid groups (broad SMARTS) is 1. The van der Waals surface area contributed by atoms with Crippen molar-refractivity contribution in [1.82, 2.24) is 15.6 Å². The first-order valence-electron chi connectivity index (χ1n) is 17.1. The lowest BCUT2D eigenvalue weighted by molar-refractivity contribution is -0.226. The Labute approximate surface area is 295 Å². The van der Waals surface area contributed by atoms with Crippen molar-refractivity contribution in [2.45, 2.75) is 101 Å². The number of aryl methyl sites for hydroxylation is 2. The summed E-state index contributed by atoms with van der Waals surface area (Å²) in [5.74, 6) is -0.589. The van der Waals surface area contributed by atoms with Crippen LogP contribution in [0.25, 0.3) is 11.1 Å². The van der Waals surface area contributed by atoms with Crippen molar-refractivity contribution in [3.63, 3.8) is 0 Å². The van der Waals surface area contributed by atoms with Crippen LogP contribution in [-0.4, -0.2) is 87.1 Å². The van der Waals surface area contributed by atoms with Crippen LogP contribution in [0.2, 0.25) is 5.02 Å². The molecule has 0 radical (unpaired) electrons. The van der Waals surface area contributed by atoms with Gasteiger partial charge >= 0.3 is 12.0 Å². The van der Waals surface area contributed by atoms with E-state index in [0.717, 1.165) is 77.7 Å². The van der Waals surface area contributed by atoms with E-state index in [4.69, 9.17) is 25.8 Å². The van der Waals surface area contributed by atoms with E-state index < -0.39 is 48.1 Å². The Kier molecular flexibility index (Phi) is 11.3. The number of hydrogen-bond donors (Lipinski definition) is 6. The first-order valence-corrected chi connectivity index (χ1v) is 17.5. The SMILES string of the molecule is Cc1cc(COC2(c3cnccc3-c3ccccc3OC3CC3)CC2)c(Cl)cc1CCCCNC(=O)NCC1O[C@H](C(=O)O)[C@@H](O)[C@H](O)[C@H]1O. The Balaban J connectivity index is 0.972. The molecule has 0 spiro atoms. The van der Waals surface area contributed by atoms with E-state index in [2.05, 4.69) is 34.7 Å². The van der Waals surface area contributed by atoms with Gasteiger partial charge in [-0.1, -0.05) is 35.9 Å². The third-order valence-electron chi connectivity index (χ3n) is 9.60. The number of rotatable bonds is 15. The lowest BCUT2D eigenvalue weighted by Gasteiger charge is -2.38. The topological polar surface area (TPSA) is 180 Å². The lowest BCUT2D eigenvalue weighted by atomic mass is 9.95. The number of aliphatic hydroxyl groups excluding tert-OH is 3. The normalized spacial score (nSPS) is 24.0. The molecule has 2 heterocycles. The summed E-state index contributed by atoms with van der Waals surface area (Å²) >= 11 is 6.77. The van der Waals surface area contributed by atoms with Crippen LogP contribution in [0.3, 0.4) is 0 Å². The van der Waals surface area contributed by atoms with Crippen LogP contribution in [0, 0.1) is 6.92 Å². The van der Waals surface area contributed by atoms with Crippen LogP contribution in [0.1, 0.15) is 60.8 Å². The predicted octanol–water partition coefficient (Wildman–Crippen LogP) is 4.01. The number of nitrogens with zero attached hydrogens (tertiary/aromatic N) is 1. The van der Waals surface area contributed by atoms with Crippen LogP contribution in [0.15, 0.2) is 54.9 Å². The number of urea groups is 1. The van der Waals surface area contributed by atoms with Crippen LogP contribution in [0.5, 0.6) is 5.75 Å². The smallest absolute Gasteiger partial charge is 0.335 e. The molecule has 12 nitrogen and oxygen atoms in total. The van der Waals surface area contributed by atoms with Crippen molar-refractivity contribution in [2.24, 2.45) is 0 Å². The highest BCUT2D eigenvalue weighted by Gasteiger charge is 2.48. The molecule has 1 saturated heterocycles. The Morgan fingerprint density at radius 2 is 1.78 bits per heavy atom. The molecule has 6 rings (SSSR count). The number of nitrogens with one attached hydrogen (secondary N) is 2. The molecule has 3 aromatic rings. The summed E-state index contributed by atoms with van der Waals surface area (Å²) in [7, 11) is 0. The average Bonchev–Trinajstić information content (AvgIpc) is 4.05. The van der Waals surface area contributed by atoms with Crippen LogP contribution in [0.4, 0.5) is 4.79 Å². The molecule has 1 aromatic heterocycles. The summed E-state index contributed by atoms with van der Waals surface area (Å²) in [6.07, 6.45) is 2.27. The molecule has 1 aliphatic heterocycles. The Morgan fingerprint density at radius 3 is 2.52 bits per heavy atom. The zero-order valence-corrected chi connectivity index (χ0v) is 28.6. The number of carbonyl (C=O) groups excluding carboxylic acids is 1. The highest BCUT2D eigenvalue weighted by Crippen LogP contribution is 2.53. The van der Waals surface area contributed by atoms with Crippen LogP contribution in [-0.2, 0) is 32.9 Å². The number of benzene rings is 2. The third-order valence-corrected chi connectivity index (χ3v) is 9.95. The monoisotopic (exact) mass is 709 g/mol. The fraction of sp³-hybridized carbons (Fsp3) is 0.486. The number of hydrogen-bond acceptors (Lipinski definition) is 9. The van der Waals surface area contributed by atoms with Crippen molar-refractivity contribution < 1.29 is 44.2 Å². The molecule has 6 N–H and O–H groups in total. The zero-order chi connectivity index (χ0) is 35.4. The maximum absolute atomic E-state index is 12.3. The van der Waals surface area contributed by atoms with E-state index in [1.165, 1.54) is 0 Å². The molecule has 50 heavy (non-hydrogen) atoms. The van der Waals surface area contributed by atoms with Gasteiger partial charge in [-0.2, -0.15) is 0 Å². The number of carbonyl (C=O) groups is 2. The number of unbranched alkanes of at least 4 members (excludes halogenated alkanes) is 1. The van der Waals surface area contributed by atoms with Crippen molar-refractivity contribution in [2.75, 3.05) is 13.1 Å². The Hall–Kier alpha value is -3.78. The van der Waals surface area contributed by atoms with Gasteiger partial charge in [-0.15, -0.1) is 0 Å². The molecule has 0 bridgehead atoms. The van der Waals surface area contributed by atoms with Gasteiger partial charge in [0.15, 0.2) is 6.10 Å². The van der Waals surface area contributed by atoms with E-state index in [1.807, 2.05) is 42.7 Å². The zero-order valence-electron chi connectivity index (χ0n) is 27.9. The van der Waals surface area contributed by atoms with E-state index in [1.54, 1.807) is 0 Å². The molecule has 2 aliphatic carbocycles. The van der Waals surface area contributed by atoms with Crippen LogP contribution < -0.4 is 15.4 Å². The first kappa shape index (κ1) is 36.0. The summed E-state index contributed by atoms with van der Waals surface area (Å²) in [4.78, 5) is 28.0. The molecule has 268 valence electrons. The van der Waals surface area contributed by atoms with Crippen molar-refractivity contribution in [3.05, 3.63) is 82.1 Å². The summed E-state index contributed by atoms with van der Waals surface area (Å²) in [6.45, 7) is 2.55. The van der Waals surface area contributed by atoms with Gasteiger partial charge in [0.1, 0.15) is 30.2 Å². The standard InChI is InChI=1S/C37H44ClN3O9/c1-21-16-23(20-48-37(12-13-37)27-18-39-15-11-25(27)26-7-2-3-8-29(26)49-24-9-10-24)28(38)17-22(21)6-4-5-14-40-36(47)41-19-30-31(42)32(43)33(44)34(50-30)35(45)46/h2-3,7-8,11,15-18,24,30-34,42-44H,4-6,9-10,12-14,19-20H2,1H3,(H,45,46)(H2,40,41,47)/t30?,31-,32+,33-,34-/m0/s1. The van der Waals surface area contributed by atoms with Gasteiger partial charge in [-0.25, -0.2) is 9.59 Å². The number of aliphatic carboxylic acids is 1. The number of ether oxygens (including phenoxy) is 3. The highest BCUT2D eigenvalue weighted by atomic mass is 35.5. The number of carboxylic acids is 1. The average molecular weight is 710 g/mol. The van der Waals surface area contributed by atoms with E-state index in [9.17, 15) is 30.0 Å². The highest BCUT2D eigenvalue weighted by molar-refractivity contribution is 6.31. The molecular formula is C37H44ClN3O9. The maximum atomic E-state index is 12.3. The largest absolute Gasteiger partial charge is 0.490 e. The molecule has 1 unspecified atom stereocenters. The van der Waals surface area contributed by atoms with E-state index >= 15 is 0 Å².